The number of aromatic nitrogens is 1. The lowest BCUT2D eigenvalue weighted by Gasteiger charge is -1.97. The number of hydrogen-bond donors (Lipinski definition) is 1. The van der Waals surface area contributed by atoms with E-state index in [9.17, 15) is 4.79 Å². The van der Waals surface area contributed by atoms with E-state index in [1.165, 1.54) is 6.07 Å². The number of halogens is 1. The molecule has 100 valence electrons. The third-order valence-corrected chi connectivity index (χ3v) is 3.43. The highest BCUT2D eigenvalue weighted by Gasteiger charge is 2.14. The third kappa shape index (κ3) is 2.44. The maximum Gasteiger partial charge on any atom is 0.339 e. The first-order valence-corrected chi connectivity index (χ1v) is 6.79. The number of hydrogen-bond acceptors (Lipinski definition) is 3. The largest absolute Gasteiger partial charge is 0.478 e. The van der Waals surface area contributed by atoms with Crippen molar-refractivity contribution in [2.24, 2.45) is 0 Å². The summed E-state index contributed by atoms with van der Waals surface area (Å²) in [6, 6.07) is 12.7. The summed E-state index contributed by atoms with van der Waals surface area (Å²) in [6.45, 7) is 0. The van der Waals surface area contributed by atoms with Crippen LogP contribution in [-0.2, 0) is 6.42 Å². The summed E-state index contributed by atoms with van der Waals surface area (Å²) in [5, 5.41) is 9.12. The van der Waals surface area contributed by atoms with Crippen LogP contribution in [0.2, 0.25) is 0 Å². The first-order chi connectivity index (χ1) is 9.63. The predicted molar refractivity (Wildman–Crippen MR) is 77.9 cm³/mol. The first kappa shape index (κ1) is 12.9. The molecule has 0 aliphatic heterocycles. The van der Waals surface area contributed by atoms with Gasteiger partial charge in [0, 0.05) is 10.9 Å². The molecule has 1 aromatic heterocycles. The number of carboxylic acid groups (broad SMARTS) is 1. The van der Waals surface area contributed by atoms with Crippen molar-refractivity contribution in [3.63, 3.8) is 0 Å². The second-order valence-corrected chi connectivity index (χ2v) is 5.29. The minimum atomic E-state index is -1.01. The zero-order valence-electron chi connectivity index (χ0n) is 10.3. The van der Waals surface area contributed by atoms with Crippen molar-refractivity contribution in [3.05, 3.63) is 64.0 Å². The highest BCUT2D eigenvalue weighted by Crippen LogP contribution is 2.22. The summed E-state index contributed by atoms with van der Waals surface area (Å²) in [7, 11) is 0. The fourth-order valence-electron chi connectivity index (χ4n) is 2.06. The molecule has 0 fully saturated rings. The van der Waals surface area contributed by atoms with E-state index in [-0.39, 0.29) is 5.56 Å². The summed E-state index contributed by atoms with van der Waals surface area (Å²) in [6.07, 6.45) is 0.521. The van der Waals surface area contributed by atoms with Gasteiger partial charge in [0.1, 0.15) is 11.1 Å². The SMILES string of the molecule is O=C(O)c1cccc2nc(Cc3cccc(Br)c3)oc12. The molecular formula is C15H10BrNO3. The van der Waals surface area contributed by atoms with E-state index >= 15 is 0 Å². The van der Waals surface area contributed by atoms with Crippen LogP contribution in [0.25, 0.3) is 11.1 Å². The van der Waals surface area contributed by atoms with Gasteiger partial charge in [0.05, 0.1) is 0 Å². The van der Waals surface area contributed by atoms with Crippen molar-refractivity contribution >= 4 is 33.0 Å². The summed E-state index contributed by atoms with van der Waals surface area (Å²) >= 11 is 3.41. The van der Waals surface area contributed by atoms with Crippen molar-refractivity contribution in [2.75, 3.05) is 0 Å². The molecule has 0 aliphatic rings. The van der Waals surface area contributed by atoms with Crippen LogP contribution >= 0.6 is 15.9 Å². The number of aromatic carboxylic acids is 1. The highest BCUT2D eigenvalue weighted by atomic mass is 79.9. The lowest BCUT2D eigenvalue weighted by molar-refractivity contribution is 0.0698. The van der Waals surface area contributed by atoms with Gasteiger partial charge in [-0.1, -0.05) is 34.1 Å². The Kier molecular flexibility index (Phi) is 3.28. The van der Waals surface area contributed by atoms with Crippen LogP contribution in [0.15, 0.2) is 51.4 Å². The number of nitrogens with zero attached hydrogens (tertiary/aromatic N) is 1. The molecule has 0 spiro atoms. The molecule has 2 aromatic carbocycles. The van der Waals surface area contributed by atoms with Gasteiger partial charge in [0.2, 0.25) is 0 Å². The number of oxazole rings is 1. The average molecular weight is 332 g/mol. The molecule has 4 nitrogen and oxygen atoms in total. The molecule has 0 saturated carbocycles. The van der Waals surface area contributed by atoms with E-state index < -0.39 is 5.97 Å². The zero-order valence-corrected chi connectivity index (χ0v) is 11.9. The van der Waals surface area contributed by atoms with Gasteiger partial charge >= 0.3 is 5.97 Å². The van der Waals surface area contributed by atoms with Crippen LogP contribution in [0.3, 0.4) is 0 Å². The van der Waals surface area contributed by atoms with Crippen molar-refractivity contribution in [2.45, 2.75) is 6.42 Å². The third-order valence-electron chi connectivity index (χ3n) is 2.93. The van der Waals surface area contributed by atoms with Crippen LogP contribution in [0.5, 0.6) is 0 Å². The molecule has 0 amide bonds. The fourth-order valence-corrected chi connectivity index (χ4v) is 2.51. The van der Waals surface area contributed by atoms with E-state index in [4.69, 9.17) is 9.52 Å². The molecule has 5 heteroatoms. The molecule has 3 aromatic rings. The van der Waals surface area contributed by atoms with E-state index in [2.05, 4.69) is 20.9 Å². The molecule has 0 saturated heterocycles. The Hall–Kier alpha value is -2.14. The van der Waals surface area contributed by atoms with Crippen LogP contribution in [0.4, 0.5) is 0 Å². The normalized spacial score (nSPS) is 10.8. The van der Waals surface area contributed by atoms with Crippen LogP contribution in [-0.4, -0.2) is 16.1 Å². The average Bonchev–Trinajstić information content (AvgIpc) is 2.80. The summed E-state index contributed by atoms with van der Waals surface area (Å²) in [5.41, 5.74) is 2.07. The number of para-hydroxylation sites is 1. The van der Waals surface area contributed by atoms with Gasteiger partial charge in [-0.15, -0.1) is 0 Å². The van der Waals surface area contributed by atoms with Crippen LogP contribution in [0, 0.1) is 0 Å². The maximum atomic E-state index is 11.1. The Labute approximate surface area is 123 Å². The second-order valence-electron chi connectivity index (χ2n) is 4.37. The Balaban J connectivity index is 2.01. The van der Waals surface area contributed by atoms with Gasteiger partial charge in [0.15, 0.2) is 11.5 Å². The second kappa shape index (κ2) is 5.09. The van der Waals surface area contributed by atoms with Gasteiger partial charge < -0.3 is 9.52 Å². The standard InChI is InChI=1S/C15H10BrNO3/c16-10-4-1-3-9(7-10)8-13-17-12-6-2-5-11(15(18)19)14(12)20-13/h1-7H,8H2,(H,18,19). The number of carbonyl (C=O) groups is 1. The van der Waals surface area contributed by atoms with Gasteiger partial charge in [-0.05, 0) is 29.8 Å². The van der Waals surface area contributed by atoms with Crippen molar-refractivity contribution in [1.29, 1.82) is 0 Å². The summed E-state index contributed by atoms with van der Waals surface area (Å²) in [5.74, 6) is -0.507. The van der Waals surface area contributed by atoms with Crippen molar-refractivity contribution < 1.29 is 14.3 Å². The van der Waals surface area contributed by atoms with Crippen LogP contribution in [0.1, 0.15) is 21.8 Å². The van der Waals surface area contributed by atoms with Crippen molar-refractivity contribution in [3.8, 4) is 0 Å². The van der Waals surface area contributed by atoms with E-state index in [1.54, 1.807) is 12.1 Å². The van der Waals surface area contributed by atoms with Gasteiger partial charge in [0.25, 0.3) is 0 Å². The van der Waals surface area contributed by atoms with E-state index in [1.807, 2.05) is 24.3 Å². The fraction of sp³-hybridized carbons (Fsp3) is 0.0667. The van der Waals surface area contributed by atoms with Gasteiger partial charge in [-0.25, -0.2) is 9.78 Å². The molecule has 20 heavy (non-hydrogen) atoms. The molecular weight excluding hydrogens is 322 g/mol. The molecule has 0 aliphatic carbocycles. The van der Waals surface area contributed by atoms with Crippen molar-refractivity contribution in [1.82, 2.24) is 4.98 Å². The predicted octanol–water partition coefficient (Wildman–Crippen LogP) is 3.88. The minimum absolute atomic E-state index is 0.135. The van der Waals surface area contributed by atoms with E-state index in [0.717, 1.165) is 10.0 Å². The number of carboxylic acids is 1. The summed E-state index contributed by atoms with van der Waals surface area (Å²) < 4.78 is 6.58. The monoisotopic (exact) mass is 331 g/mol. The Morgan fingerprint density at radius 2 is 2.05 bits per heavy atom. The molecule has 1 N–H and O–H groups in total. The maximum absolute atomic E-state index is 11.1. The van der Waals surface area contributed by atoms with E-state index in [0.29, 0.717) is 23.4 Å². The molecule has 0 bridgehead atoms. The topological polar surface area (TPSA) is 63.3 Å². The molecule has 0 unspecified atom stereocenters. The smallest absolute Gasteiger partial charge is 0.339 e. The Morgan fingerprint density at radius 3 is 2.80 bits per heavy atom. The summed E-state index contributed by atoms with van der Waals surface area (Å²) in [4.78, 5) is 15.5. The Bertz CT molecular complexity index is 795. The lowest BCUT2D eigenvalue weighted by atomic mass is 10.1. The Morgan fingerprint density at radius 1 is 1.25 bits per heavy atom. The number of rotatable bonds is 3. The number of fused-ring (bicyclic) bond motifs is 1. The molecule has 0 radical (unpaired) electrons. The lowest BCUT2D eigenvalue weighted by Crippen LogP contribution is -1.95. The number of benzene rings is 2. The van der Waals surface area contributed by atoms with Gasteiger partial charge in [-0.3, -0.25) is 0 Å². The highest BCUT2D eigenvalue weighted by molar-refractivity contribution is 9.10. The molecule has 0 atom stereocenters. The van der Waals surface area contributed by atoms with Gasteiger partial charge in [-0.2, -0.15) is 0 Å². The zero-order chi connectivity index (χ0) is 14.1. The minimum Gasteiger partial charge on any atom is -0.478 e. The quantitative estimate of drug-likeness (QED) is 0.791. The van der Waals surface area contributed by atoms with Crippen LogP contribution < -0.4 is 0 Å². The molecule has 1 heterocycles. The first-order valence-electron chi connectivity index (χ1n) is 5.99. The molecule has 3 rings (SSSR count).